The van der Waals surface area contributed by atoms with Gasteiger partial charge in [-0.1, -0.05) is 6.58 Å². The minimum absolute atomic E-state index is 0.108. The van der Waals surface area contributed by atoms with E-state index in [0.29, 0.717) is 0 Å². The first-order chi connectivity index (χ1) is 7.89. The molecule has 96 valence electrons. The fourth-order valence-corrected chi connectivity index (χ4v) is 3.02. The average molecular weight is 236 g/mol. The van der Waals surface area contributed by atoms with Crippen molar-refractivity contribution in [3.8, 4) is 0 Å². The molecule has 1 saturated carbocycles. The zero-order valence-electron chi connectivity index (χ0n) is 11.3. The van der Waals surface area contributed by atoms with Gasteiger partial charge in [-0.2, -0.15) is 0 Å². The van der Waals surface area contributed by atoms with Crippen molar-refractivity contribution in [1.82, 2.24) is 9.80 Å². The molecule has 3 nitrogen and oxygen atoms in total. The Morgan fingerprint density at radius 3 is 2.35 bits per heavy atom. The van der Waals surface area contributed by atoms with Gasteiger partial charge in [0.25, 0.3) is 0 Å². The maximum Gasteiger partial charge on any atom is 0.246 e. The predicted octanol–water partition coefficient (Wildman–Crippen LogP) is 2.04. The van der Waals surface area contributed by atoms with Crippen LogP contribution < -0.4 is 0 Å². The van der Waals surface area contributed by atoms with Gasteiger partial charge in [0.15, 0.2) is 0 Å². The Balaban J connectivity index is 2.15. The second kappa shape index (κ2) is 4.13. The van der Waals surface area contributed by atoms with Gasteiger partial charge < -0.3 is 4.90 Å². The molecule has 1 spiro atoms. The summed E-state index contributed by atoms with van der Waals surface area (Å²) in [6.45, 7) is 13.2. The SMILES string of the molecule is C=CC(=O)N1CCN(C(C)(C)C)CC12CCC2. The Labute approximate surface area is 104 Å². The van der Waals surface area contributed by atoms with Crippen LogP contribution in [0, 0.1) is 0 Å². The summed E-state index contributed by atoms with van der Waals surface area (Å²) in [5.74, 6) is 0.109. The second-order valence-electron chi connectivity index (χ2n) is 6.36. The first kappa shape index (κ1) is 12.6. The summed E-state index contributed by atoms with van der Waals surface area (Å²) in [6, 6.07) is 0. The third-order valence-corrected chi connectivity index (χ3v) is 4.32. The highest BCUT2D eigenvalue weighted by Gasteiger charge is 2.49. The largest absolute Gasteiger partial charge is 0.331 e. The van der Waals surface area contributed by atoms with Crippen LogP contribution in [0.4, 0.5) is 0 Å². The zero-order chi connectivity index (χ0) is 12.7. The fraction of sp³-hybridized carbons (Fsp3) is 0.786. The summed E-state index contributed by atoms with van der Waals surface area (Å²) in [4.78, 5) is 16.5. The summed E-state index contributed by atoms with van der Waals surface area (Å²) < 4.78 is 0. The van der Waals surface area contributed by atoms with E-state index in [4.69, 9.17) is 0 Å². The summed E-state index contributed by atoms with van der Waals surface area (Å²) in [6.07, 6.45) is 5.02. The molecule has 0 N–H and O–H groups in total. The number of nitrogens with zero attached hydrogens (tertiary/aromatic N) is 2. The number of hydrogen-bond donors (Lipinski definition) is 0. The molecule has 1 amide bonds. The van der Waals surface area contributed by atoms with E-state index in [9.17, 15) is 4.79 Å². The topological polar surface area (TPSA) is 23.6 Å². The van der Waals surface area contributed by atoms with Crippen molar-refractivity contribution in [2.24, 2.45) is 0 Å². The Hall–Kier alpha value is -0.830. The van der Waals surface area contributed by atoms with Crippen molar-refractivity contribution >= 4 is 5.91 Å². The maximum atomic E-state index is 11.9. The molecular weight excluding hydrogens is 212 g/mol. The standard InChI is InChI=1S/C14H24N2O/c1-5-12(17)16-10-9-15(13(2,3)4)11-14(16)7-6-8-14/h5H,1,6-11H2,2-4H3. The number of carbonyl (C=O) groups is 1. The lowest BCUT2D eigenvalue weighted by molar-refractivity contribution is -0.146. The lowest BCUT2D eigenvalue weighted by Gasteiger charge is -2.58. The van der Waals surface area contributed by atoms with Gasteiger partial charge in [0, 0.05) is 25.2 Å². The van der Waals surface area contributed by atoms with Crippen molar-refractivity contribution in [2.45, 2.75) is 51.1 Å². The molecule has 0 bridgehead atoms. The molecule has 0 aromatic carbocycles. The monoisotopic (exact) mass is 236 g/mol. The van der Waals surface area contributed by atoms with Gasteiger partial charge in [0.2, 0.25) is 5.91 Å². The number of hydrogen-bond acceptors (Lipinski definition) is 2. The van der Waals surface area contributed by atoms with Crippen LogP contribution in [-0.2, 0) is 4.79 Å². The molecule has 1 heterocycles. The maximum absolute atomic E-state index is 11.9. The van der Waals surface area contributed by atoms with Gasteiger partial charge >= 0.3 is 0 Å². The highest BCUT2D eigenvalue weighted by Crippen LogP contribution is 2.41. The molecule has 3 heteroatoms. The van der Waals surface area contributed by atoms with Crippen LogP contribution in [0.2, 0.25) is 0 Å². The van der Waals surface area contributed by atoms with Crippen molar-refractivity contribution in [2.75, 3.05) is 19.6 Å². The molecule has 1 saturated heterocycles. The zero-order valence-corrected chi connectivity index (χ0v) is 11.3. The van der Waals surface area contributed by atoms with Gasteiger partial charge in [0.1, 0.15) is 0 Å². The smallest absolute Gasteiger partial charge is 0.246 e. The van der Waals surface area contributed by atoms with E-state index in [1.807, 2.05) is 0 Å². The molecule has 1 aliphatic carbocycles. The van der Waals surface area contributed by atoms with Crippen molar-refractivity contribution in [3.63, 3.8) is 0 Å². The molecule has 0 unspecified atom stereocenters. The third-order valence-electron chi connectivity index (χ3n) is 4.32. The minimum atomic E-state index is 0.108. The van der Waals surface area contributed by atoms with E-state index >= 15 is 0 Å². The highest BCUT2D eigenvalue weighted by atomic mass is 16.2. The minimum Gasteiger partial charge on any atom is -0.331 e. The van der Waals surface area contributed by atoms with Crippen molar-refractivity contribution in [1.29, 1.82) is 0 Å². The van der Waals surface area contributed by atoms with Crippen LogP contribution in [0.1, 0.15) is 40.0 Å². The van der Waals surface area contributed by atoms with E-state index in [1.54, 1.807) is 0 Å². The summed E-state index contributed by atoms with van der Waals surface area (Å²) in [7, 11) is 0. The molecule has 1 aliphatic heterocycles. The normalized spacial score (nSPS) is 24.5. The molecule has 0 aromatic heterocycles. The van der Waals surface area contributed by atoms with Gasteiger partial charge in [-0.3, -0.25) is 9.69 Å². The molecule has 2 aliphatic rings. The highest BCUT2D eigenvalue weighted by molar-refractivity contribution is 5.88. The van der Waals surface area contributed by atoms with Crippen LogP contribution in [0.25, 0.3) is 0 Å². The molecule has 0 radical (unpaired) electrons. The van der Waals surface area contributed by atoms with Crippen LogP contribution in [0.15, 0.2) is 12.7 Å². The van der Waals surface area contributed by atoms with Crippen molar-refractivity contribution in [3.05, 3.63) is 12.7 Å². The Kier molecular flexibility index (Phi) is 3.06. The Morgan fingerprint density at radius 1 is 1.29 bits per heavy atom. The summed E-state index contributed by atoms with van der Waals surface area (Å²) >= 11 is 0. The molecule has 0 aromatic rings. The van der Waals surface area contributed by atoms with Gasteiger partial charge in [-0.15, -0.1) is 0 Å². The fourth-order valence-electron chi connectivity index (χ4n) is 3.02. The first-order valence-electron chi connectivity index (χ1n) is 6.58. The second-order valence-corrected chi connectivity index (χ2v) is 6.36. The van der Waals surface area contributed by atoms with Crippen LogP contribution >= 0.6 is 0 Å². The summed E-state index contributed by atoms with van der Waals surface area (Å²) in [5, 5.41) is 0. The van der Waals surface area contributed by atoms with Crippen LogP contribution in [-0.4, -0.2) is 46.4 Å². The number of rotatable bonds is 1. The van der Waals surface area contributed by atoms with Gasteiger partial charge in [0.05, 0.1) is 5.54 Å². The lowest BCUT2D eigenvalue weighted by atomic mass is 9.73. The number of amides is 1. The summed E-state index contributed by atoms with van der Waals surface area (Å²) in [5.41, 5.74) is 0.308. The Bertz CT molecular complexity index is 326. The average Bonchev–Trinajstić information content (AvgIpc) is 2.23. The quantitative estimate of drug-likeness (QED) is 0.650. The van der Waals surface area contributed by atoms with Crippen molar-refractivity contribution < 1.29 is 4.79 Å². The number of carbonyl (C=O) groups excluding carboxylic acids is 1. The van der Waals surface area contributed by atoms with Gasteiger partial charge in [-0.25, -0.2) is 0 Å². The first-order valence-corrected chi connectivity index (χ1v) is 6.58. The lowest BCUT2D eigenvalue weighted by Crippen LogP contribution is -2.69. The van der Waals surface area contributed by atoms with E-state index < -0.39 is 0 Å². The molecule has 17 heavy (non-hydrogen) atoms. The predicted molar refractivity (Wildman–Crippen MR) is 69.8 cm³/mol. The molecule has 2 rings (SSSR count). The Morgan fingerprint density at radius 2 is 1.94 bits per heavy atom. The molecular formula is C14H24N2O. The van der Waals surface area contributed by atoms with E-state index in [2.05, 4.69) is 37.1 Å². The van der Waals surface area contributed by atoms with Crippen LogP contribution in [0.5, 0.6) is 0 Å². The number of piperazine rings is 1. The molecule has 0 atom stereocenters. The van der Waals surface area contributed by atoms with E-state index in [1.165, 1.54) is 12.5 Å². The van der Waals surface area contributed by atoms with Crippen LogP contribution in [0.3, 0.4) is 0 Å². The van der Waals surface area contributed by atoms with Gasteiger partial charge in [-0.05, 0) is 46.1 Å². The van der Waals surface area contributed by atoms with E-state index in [0.717, 1.165) is 32.5 Å². The third kappa shape index (κ3) is 2.13. The van der Waals surface area contributed by atoms with E-state index in [-0.39, 0.29) is 17.0 Å². The molecule has 2 fully saturated rings.